The van der Waals surface area contributed by atoms with Crippen LogP contribution in [-0.2, 0) is 19.1 Å². The molecule has 0 spiro atoms. The summed E-state index contributed by atoms with van der Waals surface area (Å²) >= 11 is 1.15. The van der Waals surface area contributed by atoms with Crippen molar-refractivity contribution >= 4 is 29.2 Å². The average Bonchev–Trinajstić information content (AvgIpc) is 3.11. The zero-order chi connectivity index (χ0) is 20.7. The molecule has 2 rings (SSSR count). The van der Waals surface area contributed by atoms with Crippen LogP contribution in [0, 0.1) is 12.8 Å². The van der Waals surface area contributed by atoms with E-state index in [4.69, 9.17) is 9.47 Å². The number of pyridine rings is 1. The molecule has 0 radical (unpaired) electrons. The van der Waals surface area contributed by atoms with E-state index in [0.29, 0.717) is 27.7 Å². The molecule has 0 aliphatic carbocycles. The number of amides is 1. The van der Waals surface area contributed by atoms with Crippen molar-refractivity contribution in [1.82, 2.24) is 15.3 Å². The molecule has 0 bridgehead atoms. The van der Waals surface area contributed by atoms with Crippen LogP contribution >= 0.6 is 11.3 Å². The molecule has 1 amide bonds. The molecule has 1 N–H and O–H groups in total. The number of nitrogens with one attached hydrogen (secondary N) is 1. The van der Waals surface area contributed by atoms with Crippen LogP contribution in [0.2, 0.25) is 0 Å². The van der Waals surface area contributed by atoms with E-state index in [1.165, 1.54) is 7.11 Å². The number of methoxy groups -OCH3 is 1. The summed E-state index contributed by atoms with van der Waals surface area (Å²) in [7, 11) is 1.26. The van der Waals surface area contributed by atoms with Crippen molar-refractivity contribution in [3.8, 4) is 10.7 Å². The van der Waals surface area contributed by atoms with Crippen molar-refractivity contribution in [2.75, 3.05) is 13.7 Å². The number of thiazole rings is 1. The number of esters is 2. The predicted octanol–water partition coefficient (Wildman–Crippen LogP) is 2.37. The summed E-state index contributed by atoms with van der Waals surface area (Å²) in [5.41, 5.74) is 1.16. The molecule has 0 saturated carbocycles. The standard InChI is InChI=1S/C19H23N3O5S/c1-5-11(2)15(18(24)26-4)22-14(23)10-27-19(25)16-12(3)21-17(28-16)13-8-6-7-9-20-13/h6-9,11,15H,5,10H2,1-4H3,(H,22,23)/t11-,15+/m0/s1. The van der Waals surface area contributed by atoms with E-state index in [0.717, 1.165) is 11.3 Å². The monoisotopic (exact) mass is 405 g/mol. The first kappa shape index (κ1) is 21.5. The molecule has 2 aromatic rings. The van der Waals surface area contributed by atoms with E-state index in [1.807, 2.05) is 19.9 Å². The molecule has 9 heteroatoms. The second-order valence-corrected chi connectivity index (χ2v) is 7.18. The Morgan fingerprint density at radius 2 is 2.04 bits per heavy atom. The second kappa shape index (κ2) is 9.93. The summed E-state index contributed by atoms with van der Waals surface area (Å²) in [5.74, 6) is -1.87. The molecule has 0 aliphatic heterocycles. The van der Waals surface area contributed by atoms with Gasteiger partial charge in [0.25, 0.3) is 5.91 Å². The summed E-state index contributed by atoms with van der Waals surface area (Å²) in [4.78, 5) is 45.1. The van der Waals surface area contributed by atoms with Gasteiger partial charge >= 0.3 is 11.9 Å². The average molecular weight is 405 g/mol. The third-order valence-electron chi connectivity index (χ3n) is 4.18. The van der Waals surface area contributed by atoms with Gasteiger partial charge in [-0.1, -0.05) is 26.3 Å². The van der Waals surface area contributed by atoms with Gasteiger partial charge in [0.05, 0.1) is 18.5 Å². The van der Waals surface area contributed by atoms with Gasteiger partial charge in [-0.05, 0) is 25.0 Å². The van der Waals surface area contributed by atoms with E-state index in [2.05, 4.69) is 15.3 Å². The van der Waals surface area contributed by atoms with Gasteiger partial charge in [0.2, 0.25) is 0 Å². The maximum atomic E-state index is 12.3. The van der Waals surface area contributed by atoms with Crippen LogP contribution in [0.15, 0.2) is 24.4 Å². The van der Waals surface area contributed by atoms with Crippen LogP contribution in [-0.4, -0.2) is 47.6 Å². The zero-order valence-corrected chi connectivity index (χ0v) is 17.0. The summed E-state index contributed by atoms with van der Waals surface area (Å²) in [6.07, 6.45) is 2.32. The third kappa shape index (κ3) is 5.35. The van der Waals surface area contributed by atoms with E-state index in [1.54, 1.807) is 25.3 Å². The van der Waals surface area contributed by atoms with Crippen LogP contribution in [0.5, 0.6) is 0 Å². The van der Waals surface area contributed by atoms with Gasteiger partial charge in [0.1, 0.15) is 15.9 Å². The Morgan fingerprint density at radius 3 is 2.64 bits per heavy atom. The number of rotatable bonds is 8. The van der Waals surface area contributed by atoms with E-state index < -0.39 is 30.5 Å². The number of hydrogen-bond acceptors (Lipinski definition) is 8. The van der Waals surface area contributed by atoms with Crippen LogP contribution in [0.4, 0.5) is 0 Å². The SMILES string of the molecule is CC[C@H](C)[C@@H](NC(=O)COC(=O)c1sc(-c2ccccn2)nc1C)C(=O)OC. The Balaban J connectivity index is 1.99. The van der Waals surface area contributed by atoms with Crippen molar-refractivity contribution < 1.29 is 23.9 Å². The van der Waals surface area contributed by atoms with E-state index >= 15 is 0 Å². The first-order valence-corrected chi connectivity index (χ1v) is 9.62. The quantitative estimate of drug-likeness (QED) is 0.672. The summed E-state index contributed by atoms with van der Waals surface area (Å²) in [6.45, 7) is 4.92. The van der Waals surface area contributed by atoms with E-state index in [-0.39, 0.29) is 5.92 Å². The molecular weight excluding hydrogens is 382 g/mol. The number of aryl methyl sites for hydroxylation is 1. The van der Waals surface area contributed by atoms with Crippen LogP contribution < -0.4 is 5.32 Å². The van der Waals surface area contributed by atoms with Crippen molar-refractivity contribution in [3.63, 3.8) is 0 Å². The molecule has 2 aromatic heterocycles. The first-order chi connectivity index (χ1) is 13.4. The number of hydrogen-bond donors (Lipinski definition) is 1. The highest BCUT2D eigenvalue weighted by Gasteiger charge is 2.27. The lowest BCUT2D eigenvalue weighted by Gasteiger charge is -2.21. The first-order valence-electron chi connectivity index (χ1n) is 8.80. The maximum Gasteiger partial charge on any atom is 0.350 e. The molecule has 0 fully saturated rings. The fourth-order valence-corrected chi connectivity index (χ4v) is 3.33. The van der Waals surface area contributed by atoms with Gasteiger partial charge in [0, 0.05) is 6.20 Å². The number of ether oxygens (including phenoxy) is 2. The Hall–Kier alpha value is -2.81. The van der Waals surface area contributed by atoms with Crippen LogP contribution in [0.3, 0.4) is 0 Å². The molecular formula is C19H23N3O5S. The lowest BCUT2D eigenvalue weighted by atomic mass is 9.99. The smallest absolute Gasteiger partial charge is 0.350 e. The van der Waals surface area contributed by atoms with Gasteiger partial charge in [-0.3, -0.25) is 9.78 Å². The van der Waals surface area contributed by atoms with Gasteiger partial charge in [-0.15, -0.1) is 11.3 Å². The van der Waals surface area contributed by atoms with Gasteiger partial charge < -0.3 is 14.8 Å². The lowest BCUT2D eigenvalue weighted by molar-refractivity contribution is -0.147. The van der Waals surface area contributed by atoms with Gasteiger partial charge in [-0.2, -0.15) is 0 Å². The molecule has 0 aromatic carbocycles. The highest BCUT2D eigenvalue weighted by Crippen LogP contribution is 2.26. The van der Waals surface area contributed by atoms with E-state index in [9.17, 15) is 14.4 Å². The molecule has 0 aliphatic rings. The second-order valence-electron chi connectivity index (χ2n) is 6.18. The Kier molecular flexibility index (Phi) is 7.62. The normalized spacial score (nSPS) is 12.7. The van der Waals surface area contributed by atoms with Crippen molar-refractivity contribution in [2.45, 2.75) is 33.2 Å². The molecule has 2 heterocycles. The Bertz CT molecular complexity index is 837. The van der Waals surface area contributed by atoms with Crippen molar-refractivity contribution in [3.05, 3.63) is 35.0 Å². The summed E-state index contributed by atoms with van der Waals surface area (Å²) in [6, 6.07) is 4.62. The minimum atomic E-state index is -0.790. The van der Waals surface area contributed by atoms with Crippen LogP contribution in [0.25, 0.3) is 10.7 Å². The number of nitrogens with zero attached hydrogens (tertiary/aromatic N) is 2. The molecule has 0 unspecified atom stereocenters. The van der Waals surface area contributed by atoms with Gasteiger partial charge in [-0.25, -0.2) is 14.6 Å². The van der Waals surface area contributed by atoms with Gasteiger partial charge in [0.15, 0.2) is 6.61 Å². The summed E-state index contributed by atoms with van der Waals surface area (Å²) < 4.78 is 9.81. The predicted molar refractivity (Wildman–Crippen MR) is 104 cm³/mol. The van der Waals surface area contributed by atoms with Crippen LogP contribution in [0.1, 0.15) is 35.6 Å². The van der Waals surface area contributed by atoms with Crippen molar-refractivity contribution in [2.24, 2.45) is 5.92 Å². The largest absolute Gasteiger partial charge is 0.467 e. The minimum Gasteiger partial charge on any atom is -0.467 e. The molecule has 2 atom stereocenters. The fourth-order valence-electron chi connectivity index (χ4n) is 2.39. The lowest BCUT2D eigenvalue weighted by Crippen LogP contribution is -2.47. The fraction of sp³-hybridized carbons (Fsp3) is 0.421. The number of carbonyl (C=O) groups is 3. The number of carbonyl (C=O) groups excluding carboxylic acids is 3. The Morgan fingerprint density at radius 1 is 1.29 bits per heavy atom. The highest BCUT2D eigenvalue weighted by atomic mass is 32.1. The summed E-state index contributed by atoms with van der Waals surface area (Å²) in [5, 5.41) is 3.15. The molecule has 28 heavy (non-hydrogen) atoms. The maximum absolute atomic E-state index is 12.3. The third-order valence-corrected chi connectivity index (χ3v) is 5.34. The Labute approximate surface area is 167 Å². The zero-order valence-electron chi connectivity index (χ0n) is 16.2. The minimum absolute atomic E-state index is 0.114. The molecule has 0 saturated heterocycles. The van der Waals surface area contributed by atoms with Crippen molar-refractivity contribution in [1.29, 1.82) is 0 Å². The number of aromatic nitrogens is 2. The molecule has 150 valence electrons. The highest BCUT2D eigenvalue weighted by molar-refractivity contribution is 7.17. The molecule has 8 nitrogen and oxygen atoms in total. The topological polar surface area (TPSA) is 107 Å².